The normalized spacial score (nSPS) is 20.0. The molecule has 0 saturated carbocycles. The number of sulfonamides is 1. The topological polar surface area (TPSA) is 66.6 Å². The third kappa shape index (κ3) is 3.01. The van der Waals surface area contributed by atoms with E-state index in [0.29, 0.717) is 11.7 Å². The smallest absolute Gasteiger partial charge is 0.244 e. The molecule has 0 aromatic heterocycles. The van der Waals surface area contributed by atoms with Crippen molar-refractivity contribution in [2.45, 2.75) is 43.5 Å². The van der Waals surface area contributed by atoms with Crippen LogP contribution in [0.4, 0.5) is 11.4 Å². The summed E-state index contributed by atoms with van der Waals surface area (Å²) >= 11 is 0. The molecule has 1 atom stereocenters. The number of hydrogen-bond donors (Lipinski definition) is 1. The van der Waals surface area contributed by atoms with Gasteiger partial charge in [-0.3, -0.25) is 0 Å². The lowest BCUT2D eigenvalue weighted by atomic mass is 9.99. The van der Waals surface area contributed by atoms with Gasteiger partial charge >= 0.3 is 0 Å². The second kappa shape index (κ2) is 6.23. The Morgan fingerprint density at radius 1 is 1.33 bits per heavy atom. The molecular weight excluding hydrogens is 286 g/mol. The molecule has 0 aliphatic carbocycles. The molecule has 1 saturated heterocycles. The van der Waals surface area contributed by atoms with E-state index >= 15 is 0 Å². The number of benzene rings is 1. The summed E-state index contributed by atoms with van der Waals surface area (Å²) in [5.74, 6) is 0. The minimum Gasteiger partial charge on any atom is -0.396 e. The lowest BCUT2D eigenvalue weighted by Crippen LogP contribution is -2.39. The van der Waals surface area contributed by atoms with Crippen molar-refractivity contribution >= 4 is 21.4 Å². The van der Waals surface area contributed by atoms with Gasteiger partial charge in [-0.15, -0.1) is 0 Å². The minimum absolute atomic E-state index is 0.199. The van der Waals surface area contributed by atoms with Crippen LogP contribution in [0, 0.1) is 0 Å². The van der Waals surface area contributed by atoms with Gasteiger partial charge in [-0.05, 0) is 37.8 Å². The maximum atomic E-state index is 12.4. The first-order valence-electron chi connectivity index (χ1n) is 7.47. The summed E-state index contributed by atoms with van der Waals surface area (Å²) in [4.78, 5) is 2.47. The summed E-state index contributed by atoms with van der Waals surface area (Å²) in [5.41, 5.74) is 7.43. The van der Waals surface area contributed by atoms with Crippen LogP contribution < -0.4 is 10.6 Å². The molecule has 2 N–H and O–H groups in total. The SMILES string of the molecule is CCC1CCCCN1c1cccc(S(=O)(=O)N(C)C)c1N. The predicted octanol–water partition coefficient (Wildman–Crippen LogP) is 2.29. The number of nitrogens with zero attached hydrogens (tertiary/aromatic N) is 2. The summed E-state index contributed by atoms with van der Waals surface area (Å²) < 4.78 is 25.9. The van der Waals surface area contributed by atoms with Crippen LogP contribution in [0.2, 0.25) is 0 Å². The summed E-state index contributed by atoms with van der Waals surface area (Å²) in [5, 5.41) is 0. The van der Waals surface area contributed by atoms with Crippen LogP contribution in [0.1, 0.15) is 32.6 Å². The lowest BCUT2D eigenvalue weighted by molar-refractivity contribution is 0.450. The molecule has 1 unspecified atom stereocenters. The fourth-order valence-corrected chi connectivity index (χ4v) is 3.97. The Balaban J connectivity index is 2.47. The third-order valence-electron chi connectivity index (χ3n) is 4.21. The van der Waals surface area contributed by atoms with Crippen molar-refractivity contribution in [3.8, 4) is 0 Å². The fraction of sp³-hybridized carbons (Fsp3) is 0.600. The average molecular weight is 311 g/mol. The van der Waals surface area contributed by atoms with E-state index in [1.54, 1.807) is 12.1 Å². The van der Waals surface area contributed by atoms with Crippen LogP contribution in [-0.4, -0.2) is 39.4 Å². The van der Waals surface area contributed by atoms with Crippen molar-refractivity contribution in [2.24, 2.45) is 0 Å². The van der Waals surface area contributed by atoms with Gasteiger partial charge in [0.2, 0.25) is 10.0 Å². The lowest BCUT2D eigenvalue weighted by Gasteiger charge is -2.38. The molecule has 21 heavy (non-hydrogen) atoms. The first kappa shape index (κ1) is 16.1. The Bertz CT molecular complexity index is 599. The van der Waals surface area contributed by atoms with E-state index in [-0.39, 0.29) is 4.90 Å². The van der Waals surface area contributed by atoms with E-state index in [9.17, 15) is 8.42 Å². The number of hydrogen-bond acceptors (Lipinski definition) is 4. The second-order valence-corrected chi connectivity index (χ2v) is 7.85. The first-order chi connectivity index (χ1) is 9.89. The van der Waals surface area contributed by atoms with Crippen molar-refractivity contribution in [1.29, 1.82) is 0 Å². The van der Waals surface area contributed by atoms with Crippen LogP contribution in [-0.2, 0) is 10.0 Å². The van der Waals surface area contributed by atoms with Gasteiger partial charge in [-0.2, -0.15) is 0 Å². The Kier molecular flexibility index (Phi) is 4.78. The van der Waals surface area contributed by atoms with Gasteiger partial charge in [0.25, 0.3) is 0 Å². The molecule has 1 aliphatic heterocycles. The monoisotopic (exact) mass is 311 g/mol. The fourth-order valence-electron chi connectivity index (χ4n) is 2.95. The molecular formula is C15H25N3O2S. The van der Waals surface area contributed by atoms with E-state index in [1.807, 2.05) is 6.07 Å². The Morgan fingerprint density at radius 3 is 2.67 bits per heavy atom. The molecule has 0 bridgehead atoms. The molecule has 1 fully saturated rings. The van der Waals surface area contributed by atoms with Gasteiger partial charge in [0, 0.05) is 26.7 Å². The number of rotatable bonds is 4. The van der Waals surface area contributed by atoms with E-state index in [1.165, 1.54) is 24.8 Å². The minimum atomic E-state index is -3.51. The first-order valence-corrected chi connectivity index (χ1v) is 8.91. The molecule has 6 heteroatoms. The van der Waals surface area contributed by atoms with Gasteiger partial charge in [0.15, 0.2) is 0 Å². The summed E-state index contributed by atoms with van der Waals surface area (Å²) in [6.45, 7) is 3.10. The van der Waals surface area contributed by atoms with Crippen molar-refractivity contribution in [3.63, 3.8) is 0 Å². The van der Waals surface area contributed by atoms with E-state index in [4.69, 9.17) is 5.73 Å². The van der Waals surface area contributed by atoms with Crippen molar-refractivity contribution < 1.29 is 8.42 Å². The Hall–Kier alpha value is -1.27. The van der Waals surface area contributed by atoms with Gasteiger partial charge in [-0.25, -0.2) is 12.7 Å². The summed E-state index contributed by atoms with van der Waals surface area (Å²) in [6, 6.07) is 5.74. The van der Waals surface area contributed by atoms with Crippen LogP contribution >= 0.6 is 0 Å². The Labute approximate surface area is 127 Å². The zero-order valence-electron chi connectivity index (χ0n) is 13.0. The van der Waals surface area contributed by atoms with Gasteiger partial charge in [-0.1, -0.05) is 13.0 Å². The number of nitrogen functional groups attached to an aromatic ring is 1. The largest absolute Gasteiger partial charge is 0.396 e. The highest BCUT2D eigenvalue weighted by Crippen LogP contribution is 2.35. The molecule has 1 aromatic rings. The van der Waals surface area contributed by atoms with Crippen LogP contribution in [0.5, 0.6) is 0 Å². The standard InChI is InChI=1S/C15H25N3O2S/c1-4-12-8-5-6-11-18(12)13-9-7-10-14(15(13)16)21(19,20)17(2)3/h7,9-10,12H,4-6,8,11,16H2,1-3H3. The number of para-hydroxylation sites is 1. The number of piperidine rings is 1. The zero-order chi connectivity index (χ0) is 15.6. The maximum absolute atomic E-state index is 12.4. The van der Waals surface area contributed by atoms with Crippen molar-refractivity contribution in [1.82, 2.24) is 4.31 Å². The molecule has 5 nitrogen and oxygen atoms in total. The molecule has 0 amide bonds. The molecule has 118 valence electrons. The second-order valence-electron chi connectivity index (χ2n) is 5.73. The highest BCUT2D eigenvalue weighted by atomic mass is 32.2. The van der Waals surface area contributed by atoms with E-state index in [2.05, 4.69) is 11.8 Å². The van der Waals surface area contributed by atoms with Crippen LogP contribution in [0.25, 0.3) is 0 Å². The molecule has 1 heterocycles. The van der Waals surface area contributed by atoms with E-state index in [0.717, 1.165) is 31.5 Å². The molecule has 1 aromatic carbocycles. The van der Waals surface area contributed by atoms with Gasteiger partial charge < -0.3 is 10.6 Å². The highest BCUT2D eigenvalue weighted by molar-refractivity contribution is 7.89. The third-order valence-corrected chi connectivity index (χ3v) is 6.08. The van der Waals surface area contributed by atoms with E-state index < -0.39 is 10.0 Å². The zero-order valence-corrected chi connectivity index (χ0v) is 13.9. The molecule has 0 radical (unpaired) electrons. The van der Waals surface area contributed by atoms with Gasteiger partial charge in [0.05, 0.1) is 11.4 Å². The summed E-state index contributed by atoms with van der Waals surface area (Å²) in [6.07, 6.45) is 4.54. The quantitative estimate of drug-likeness (QED) is 0.866. The molecule has 0 spiro atoms. The molecule has 2 rings (SSSR count). The Morgan fingerprint density at radius 2 is 2.05 bits per heavy atom. The highest BCUT2D eigenvalue weighted by Gasteiger charge is 2.27. The van der Waals surface area contributed by atoms with Crippen LogP contribution in [0.15, 0.2) is 23.1 Å². The number of nitrogens with two attached hydrogens (primary N) is 1. The predicted molar refractivity (Wildman–Crippen MR) is 87.0 cm³/mol. The van der Waals surface area contributed by atoms with Crippen molar-refractivity contribution in [2.75, 3.05) is 31.3 Å². The summed E-state index contributed by atoms with van der Waals surface area (Å²) in [7, 11) is -0.461. The van der Waals surface area contributed by atoms with Crippen molar-refractivity contribution in [3.05, 3.63) is 18.2 Å². The van der Waals surface area contributed by atoms with Gasteiger partial charge in [0.1, 0.15) is 4.90 Å². The maximum Gasteiger partial charge on any atom is 0.244 e. The van der Waals surface area contributed by atoms with Crippen LogP contribution in [0.3, 0.4) is 0 Å². The number of anilines is 2. The average Bonchev–Trinajstić information content (AvgIpc) is 2.47. The molecule has 1 aliphatic rings.